The van der Waals surface area contributed by atoms with E-state index in [-0.39, 0.29) is 10.9 Å². The minimum atomic E-state index is -3.56. The summed E-state index contributed by atoms with van der Waals surface area (Å²) in [5.41, 5.74) is 0.744. The third kappa shape index (κ3) is 2.64. The van der Waals surface area contributed by atoms with Gasteiger partial charge >= 0.3 is 5.76 Å². The minimum absolute atomic E-state index is 0.00726. The van der Waals surface area contributed by atoms with Crippen molar-refractivity contribution in [2.24, 2.45) is 0 Å². The highest BCUT2D eigenvalue weighted by molar-refractivity contribution is 7.89. The predicted octanol–water partition coefficient (Wildman–Crippen LogP) is 1.73. The predicted molar refractivity (Wildman–Crippen MR) is 74.0 cm³/mol. The van der Waals surface area contributed by atoms with Crippen molar-refractivity contribution in [3.8, 4) is 0 Å². The van der Waals surface area contributed by atoms with E-state index in [4.69, 9.17) is 4.42 Å². The van der Waals surface area contributed by atoms with Crippen LogP contribution in [0, 0.1) is 0 Å². The van der Waals surface area contributed by atoms with Crippen molar-refractivity contribution in [1.29, 1.82) is 0 Å². The zero-order valence-corrected chi connectivity index (χ0v) is 11.7. The second-order valence-corrected chi connectivity index (χ2v) is 6.84. The van der Waals surface area contributed by atoms with Gasteiger partial charge in [-0.1, -0.05) is 19.3 Å². The van der Waals surface area contributed by atoms with E-state index in [1.165, 1.54) is 24.6 Å². The molecular formula is C13H16N2O4S. The maximum Gasteiger partial charge on any atom is 0.417 e. The lowest BCUT2D eigenvalue weighted by molar-refractivity contribution is 0.412. The lowest BCUT2D eigenvalue weighted by Gasteiger charge is -2.22. The topological polar surface area (TPSA) is 92.2 Å². The Morgan fingerprint density at radius 3 is 2.70 bits per heavy atom. The summed E-state index contributed by atoms with van der Waals surface area (Å²) in [5.74, 6) is -0.588. The van der Waals surface area contributed by atoms with Crippen molar-refractivity contribution >= 4 is 21.1 Å². The molecule has 1 fully saturated rings. The number of oxazole rings is 1. The third-order valence-corrected chi connectivity index (χ3v) is 5.15. The average Bonchev–Trinajstić information content (AvgIpc) is 2.78. The number of H-pyrrole nitrogens is 1. The molecule has 1 aromatic heterocycles. The minimum Gasteiger partial charge on any atom is -0.408 e. The van der Waals surface area contributed by atoms with Crippen molar-refractivity contribution in [1.82, 2.24) is 9.71 Å². The summed E-state index contributed by atoms with van der Waals surface area (Å²) in [5, 5.41) is 0. The van der Waals surface area contributed by atoms with Gasteiger partial charge in [-0.05, 0) is 31.0 Å². The summed E-state index contributed by atoms with van der Waals surface area (Å²) in [6.45, 7) is 0. The van der Waals surface area contributed by atoms with Crippen LogP contribution in [0.4, 0.5) is 0 Å². The molecule has 1 saturated carbocycles. The van der Waals surface area contributed by atoms with E-state index in [2.05, 4.69) is 9.71 Å². The van der Waals surface area contributed by atoms with Gasteiger partial charge in [-0.25, -0.2) is 17.9 Å². The van der Waals surface area contributed by atoms with Crippen molar-refractivity contribution in [2.45, 2.75) is 43.0 Å². The standard InChI is InChI=1S/C13H16N2O4S/c16-13-14-11-8-10(6-7-12(11)19-13)20(17,18)15-9-4-2-1-3-5-9/h6-9,15H,1-5H2,(H,14,16). The first kappa shape index (κ1) is 13.4. The van der Waals surface area contributed by atoms with Gasteiger partial charge in [0.05, 0.1) is 10.4 Å². The molecule has 2 N–H and O–H groups in total. The van der Waals surface area contributed by atoms with Crippen LogP contribution in [0.1, 0.15) is 32.1 Å². The number of benzene rings is 1. The van der Waals surface area contributed by atoms with Gasteiger partial charge in [-0.3, -0.25) is 4.98 Å². The van der Waals surface area contributed by atoms with E-state index in [0.29, 0.717) is 11.1 Å². The number of rotatable bonds is 3. The summed E-state index contributed by atoms with van der Waals surface area (Å²) in [6.07, 6.45) is 5.04. The first-order valence-electron chi connectivity index (χ1n) is 6.70. The Balaban J connectivity index is 1.89. The van der Waals surface area contributed by atoms with Crippen LogP contribution in [-0.2, 0) is 10.0 Å². The maximum absolute atomic E-state index is 12.3. The molecule has 1 heterocycles. The summed E-state index contributed by atoms with van der Waals surface area (Å²) in [4.78, 5) is 13.7. The van der Waals surface area contributed by atoms with Gasteiger partial charge in [-0.15, -0.1) is 0 Å². The third-order valence-electron chi connectivity index (χ3n) is 3.63. The van der Waals surface area contributed by atoms with Gasteiger partial charge in [0.25, 0.3) is 0 Å². The van der Waals surface area contributed by atoms with E-state index >= 15 is 0 Å². The Labute approximate surface area is 116 Å². The van der Waals surface area contributed by atoms with Gasteiger partial charge in [0.15, 0.2) is 5.58 Å². The molecule has 7 heteroatoms. The summed E-state index contributed by atoms with van der Waals surface area (Å²) < 4.78 is 32.2. The SMILES string of the molecule is O=c1[nH]c2cc(S(=O)(=O)NC3CCCCC3)ccc2o1. The fraction of sp³-hybridized carbons (Fsp3) is 0.462. The van der Waals surface area contributed by atoms with E-state index in [1.807, 2.05) is 0 Å². The van der Waals surface area contributed by atoms with Crippen LogP contribution in [0.5, 0.6) is 0 Å². The number of sulfonamides is 1. The Bertz CT molecular complexity index is 769. The van der Waals surface area contributed by atoms with Crippen LogP contribution in [-0.4, -0.2) is 19.4 Å². The molecule has 3 rings (SSSR count). The zero-order valence-electron chi connectivity index (χ0n) is 10.9. The first-order valence-corrected chi connectivity index (χ1v) is 8.18. The van der Waals surface area contributed by atoms with E-state index in [9.17, 15) is 13.2 Å². The number of hydrogen-bond acceptors (Lipinski definition) is 4. The van der Waals surface area contributed by atoms with Crippen molar-refractivity contribution in [2.75, 3.05) is 0 Å². The normalized spacial score (nSPS) is 17.6. The monoisotopic (exact) mass is 296 g/mol. The number of aromatic amines is 1. The Kier molecular flexibility index (Phi) is 3.39. The molecule has 1 aliphatic carbocycles. The van der Waals surface area contributed by atoms with Gasteiger partial charge in [0, 0.05) is 6.04 Å². The lowest BCUT2D eigenvalue weighted by atomic mass is 9.96. The van der Waals surface area contributed by atoms with Gasteiger partial charge in [0.2, 0.25) is 10.0 Å². The van der Waals surface area contributed by atoms with Gasteiger partial charge < -0.3 is 4.42 Å². The molecule has 0 atom stereocenters. The number of hydrogen-bond donors (Lipinski definition) is 2. The van der Waals surface area contributed by atoms with Gasteiger partial charge in [-0.2, -0.15) is 0 Å². The second kappa shape index (κ2) is 5.06. The number of fused-ring (bicyclic) bond motifs is 1. The van der Waals surface area contributed by atoms with E-state index in [1.54, 1.807) is 0 Å². The molecule has 0 bridgehead atoms. The van der Waals surface area contributed by atoms with Crippen LogP contribution < -0.4 is 10.5 Å². The molecule has 0 unspecified atom stereocenters. The molecule has 2 aromatic rings. The maximum atomic E-state index is 12.3. The molecule has 1 aromatic carbocycles. The van der Waals surface area contributed by atoms with Crippen molar-refractivity contribution in [3.63, 3.8) is 0 Å². The van der Waals surface area contributed by atoms with Crippen LogP contribution in [0.15, 0.2) is 32.3 Å². The highest BCUT2D eigenvalue weighted by atomic mass is 32.2. The summed E-state index contributed by atoms with van der Waals surface area (Å²) in [7, 11) is -3.56. The molecule has 0 saturated heterocycles. The van der Waals surface area contributed by atoms with Crippen molar-refractivity contribution < 1.29 is 12.8 Å². The lowest BCUT2D eigenvalue weighted by Crippen LogP contribution is -2.36. The van der Waals surface area contributed by atoms with E-state index < -0.39 is 15.8 Å². The summed E-state index contributed by atoms with van der Waals surface area (Å²) in [6, 6.07) is 4.37. The van der Waals surface area contributed by atoms with Crippen LogP contribution in [0.25, 0.3) is 11.1 Å². The molecule has 6 nitrogen and oxygen atoms in total. The highest BCUT2D eigenvalue weighted by Crippen LogP contribution is 2.21. The van der Waals surface area contributed by atoms with Crippen molar-refractivity contribution in [3.05, 3.63) is 28.7 Å². The quantitative estimate of drug-likeness (QED) is 0.902. The van der Waals surface area contributed by atoms with Gasteiger partial charge in [0.1, 0.15) is 0 Å². The fourth-order valence-corrected chi connectivity index (χ4v) is 3.94. The molecule has 108 valence electrons. The molecule has 0 spiro atoms. The van der Waals surface area contributed by atoms with Crippen LogP contribution in [0.2, 0.25) is 0 Å². The fourth-order valence-electron chi connectivity index (χ4n) is 2.61. The Hall–Kier alpha value is -1.60. The average molecular weight is 296 g/mol. The molecule has 0 amide bonds. The zero-order chi connectivity index (χ0) is 14.2. The first-order chi connectivity index (χ1) is 9.54. The molecular weight excluding hydrogens is 280 g/mol. The Morgan fingerprint density at radius 2 is 1.95 bits per heavy atom. The highest BCUT2D eigenvalue weighted by Gasteiger charge is 2.22. The molecule has 20 heavy (non-hydrogen) atoms. The second-order valence-electron chi connectivity index (χ2n) is 5.13. The summed E-state index contributed by atoms with van der Waals surface area (Å²) >= 11 is 0. The van der Waals surface area contributed by atoms with Crippen LogP contribution in [0.3, 0.4) is 0 Å². The Morgan fingerprint density at radius 1 is 1.20 bits per heavy atom. The smallest absolute Gasteiger partial charge is 0.408 e. The molecule has 0 aliphatic heterocycles. The molecule has 0 radical (unpaired) electrons. The number of aromatic nitrogens is 1. The van der Waals surface area contributed by atoms with E-state index in [0.717, 1.165) is 25.7 Å². The van der Waals surface area contributed by atoms with Crippen LogP contribution >= 0.6 is 0 Å². The largest absolute Gasteiger partial charge is 0.417 e. The molecule has 1 aliphatic rings. The number of nitrogens with one attached hydrogen (secondary N) is 2.